The van der Waals surface area contributed by atoms with E-state index < -0.39 is 23.9 Å². The molecule has 144 valence electrons. The standard InChI is InChI=1S/C18H26ClFN4O2/c1-18(2,3)26-17(25)24-11-6-5-7-12(24)16(20)13(10-11)23(4)15-9-8-14(19)21-22-15/h8-9,11-13,16H,5-7,10H2,1-4H3/t11?,12-,13+,16-/m0/s1. The molecule has 3 rings (SSSR count). The number of carbonyl (C=O) groups is 1. The van der Waals surface area contributed by atoms with Gasteiger partial charge in [-0.1, -0.05) is 11.6 Å². The molecule has 1 amide bonds. The minimum Gasteiger partial charge on any atom is -0.444 e. The van der Waals surface area contributed by atoms with Crippen LogP contribution in [0.25, 0.3) is 0 Å². The Kier molecular flexibility index (Phi) is 5.28. The van der Waals surface area contributed by atoms with Gasteiger partial charge in [-0.15, -0.1) is 10.2 Å². The van der Waals surface area contributed by atoms with Crippen LogP contribution in [0.5, 0.6) is 0 Å². The number of halogens is 2. The van der Waals surface area contributed by atoms with Gasteiger partial charge in [0.25, 0.3) is 0 Å². The fourth-order valence-electron chi connectivity index (χ4n) is 3.96. The lowest BCUT2D eigenvalue weighted by molar-refractivity contribution is -0.0467. The second-order valence-corrected chi connectivity index (χ2v) is 8.50. The number of rotatable bonds is 2. The van der Waals surface area contributed by atoms with E-state index >= 15 is 4.39 Å². The lowest BCUT2D eigenvalue weighted by Crippen LogP contribution is -2.65. The van der Waals surface area contributed by atoms with E-state index in [0.717, 1.165) is 12.8 Å². The first-order valence-electron chi connectivity index (χ1n) is 9.05. The molecule has 1 unspecified atom stereocenters. The Bertz CT molecular complexity index is 652. The van der Waals surface area contributed by atoms with Crippen molar-refractivity contribution >= 4 is 23.5 Å². The van der Waals surface area contributed by atoms with Crippen molar-refractivity contribution < 1.29 is 13.9 Å². The van der Waals surface area contributed by atoms with Gasteiger partial charge in [0, 0.05) is 13.1 Å². The summed E-state index contributed by atoms with van der Waals surface area (Å²) < 4.78 is 20.9. The molecule has 4 atom stereocenters. The second-order valence-electron chi connectivity index (χ2n) is 8.11. The van der Waals surface area contributed by atoms with E-state index in [1.165, 1.54) is 0 Å². The number of aromatic nitrogens is 2. The summed E-state index contributed by atoms with van der Waals surface area (Å²) in [6, 6.07) is 2.52. The van der Waals surface area contributed by atoms with E-state index in [-0.39, 0.29) is 12.1 Å². The van der Waals surface area contributed by atoms with Gasteiger partial charge in [0.05, 0.1) is 12.1 Å². The van der Waals surface area contributed by atoms with Crippen LogP contribution in [-0.2, 0) is 4.74 Å². The zero-order chi connectivity index (χ0) is 19.1. The number of piperidine rings is 2. The molecule has 0 N–H and O–H groups in total. The minimum atomic E-state index is -1.18. The van der Waals surface area contributed by atoms with Crippen molar-refractivity contribution in [3.05, 3.63) is 17.3 Å². The van der Waals surface area contributed by atoms with Crippen LogP contribution in [0.3, 0.4) is 0 Å². The van der Waals surface area contributed by atoms with Crippen LogP contribution in [0.15, 0.2) is 12.1 Å². The van der Waals surface area contributed by atoms with Crippen LogP contribution in [0.4, 0.5) is 15.0 Å². The first-order chi connectivity index (χ1) is 12.2. The third-order valence-electron chi connectivity index (χ3n) is 5.12. The fraction of sp³-hybridized carbons (Fsp3) is 0.722. The van der Waals surface area contributed by atoms with Crippen molar-refractivity contribution in [2.24, 2.45) is 0 Å². The molecule has 2 bridgehead atoms. The largest absolute Gasteiger partial charge is 0.444 e. The van der Waals surface area contributed by atoms with Gasteiger partial charge in [-0.05, 0) is 58.6 Å². The average molecular weight is 385 g/mol. The normalized spacial score (nSPS) is 28.6. The second kappa shape index (κ2) is 7.18. The van der Waals surface area contributed by atoms with E-state index in [4.69, 9.17) is 16.3 Å². The molecule has 2 fully saturated rings. The average Bonchev–Trinajstić information content (AvgIpc) is 2.56. The van der Waals surface area contributed by atoms with Crippen molar-refractivity contribution in [2.75, 3.05) is 11.9 Å². The smallest absolute Gasteiger partial charge is 0.410 e. The first-order valence-corrected chi connectivity index (χ1v) is 9.42. The topological polar surface area (TPSA) is 58.6 Å². The number of carbonyl (C=O) groups excluding carboxylic acids is 1. The van der Waals surface area contributed by atoms with Crippen LogP contribution in [-0.4, -0.2) is 58.1 Å². The van der Waals surface area contributed by atoms with Gasteiger partial charge in [0.2, 0.25) is 0 Å². The van der Waals surface area contributed by atoms with Gasteiger partial charge in [0.1, 0.15) is 11.8 Å². The Morgan fingerprint density at radius 1 is 1.35 bits per heavy atom. The SMILES string of the molecule is CN(c1ccc(Cl)nn1)[C@@H]1CC2CCC[C@@H]([C@@H]1F)N2C(=O)OC(C)(C)C. The zero-order valence-electron chi connectivity index (χ0n) is 15.7. The summed E-state index contributed by atoms with van der Waals surface area (Å²) in [5.74, 6) is 0.575. The highest BCUT2D eigenvalue weighted by molar-refractivity contribution is 6.29. The molecule has 0 spiro atoms. The first kappa shape index (κ1) is 19.1. The summed E-state index contributed by atoms with van der Waals surface area (Å²) in [7, 11) is 1.81. The van der Waals surface area contributed by atoms with Gasteiger partial charge < -0.3 is 9.64 Å². The summed E-state index contributed by atoms with van der Waals surface area (Å²) in [6.07, 6.45) is 1.38. The zero-order valence-corrected chi connectivity index (χ0v) is 16.4. The lowest BCUT2D eigenvalue weighted by Gasteiger charge is -2.52. The molecular weight excluding hydrogens is 359 g/mol. The Morgan fingerprint density at radius 2 is 2.08 bits per heavy atom. The molecule has 0 saturated carbocycles. The number of nitrogens with zero attached hydrogens (tertiary/aromatic N) is 4. The van der Waals surface area contributed by atoms with Crippen LogP contribution < -0.4 is 4.90 Å². The predicted octanol–water partition coefficient (Wildman–Crippen LogP) is 3.83. The molecule has 26 heavy (non-hydrogen) atoms. The van der Waals surface area contributed by atoms with Crippen molar-refractivity contribution in [2.45, 2.75) is 76.4 Å². The number of hydrogen-bond donors (Lipinski definition) is 0. The number of fused-ring (bicyclic) bond motifs is 2. The molecular formula is C18H26ClFN4O2. The van der Waals surface area contributed by atoms with E-state index in [9.17, 15) is 4.79 Å². The molecule has 6 nitrogen and oxygen atoms in total. The quantitative estimate of drug-likeness (QED) is 0.775. The van der Waals surface area contributed by atoms with Crippen LogP contribution in [0, 0.1) is 0 Å². The number of amides is 1. The number of alkyl halides is 1. The van der Waals surface area contributed by atoms with Gasteiger partial charge in [-0.25, -0.2) is 9.18 Å². The number of anilines is 1. The Balaban J connectivity index is 1.79. The molecule has 2 aliphatic rings. The predicted molar refractivity (Wildman–Crippen MR) is 98.2 cm³/mol. The van der Waals surface area contributed by atoms with Crippen LogP contribution in [0.1, 0.15) is 46.5 Å². The molecule has 1 aromatic rings. The van der Waals surface area contributed by atoms with Crippen LogP contribution >= 0.6 is 11.6 Å². The van der Waals surface area contributed by atoms with Gasteiger partial charge in [-0.3, -0.25) is 4.90 Å². The number of hydrogen-bond acceptors (Lipinski definition) is 5. The maximum absolute atomic E-state index is 15.4. The Morgan fingerprint density at radius 3 is 2.69 bits per heavy atom. The van der Waals surface area contributed by atoms with Crippen LogP contribution in [0.2, 0.25) is 5.15 Å². The van der Waals surface area contributed by atoms with Gasteiger partial charge in [0.15, 0.2) is 11.0 Å². The van der Waals surface area contributed by atoms with Gasteiger partial charge >= 0.3 is 6.09 Å². The molecule has 1 aromatic heterocycles. The highest BCUT2D eigenvalue weighted by Gasteiger charge is 2.50. The molecule has 8 heteroatoms. The molecule has 2 saturated heterocycles. The van der Waals surface area contributed by atoms with E-state index in [1.54, 1.807) is 17.0 Å². The highest BCUT2D eigenvalue weighted by Crippen LogP contribution is 2.39. The molecule has 0 aliphatic carbocycles. The summed E-state index contributed by atoms with van der Waals surface area (Å²) in [5, 5.41) is 8.20. The molecule has 2 aliphatic heterocycles. The molecule has 3 heterocycles. The lowest BCUT2D eigenvalue weighted by atomic mass is 9.80. The summed E-state index contributed by atoms with van der Waals surface area (Å²) in [4.78, 5) is 16.1. The third kappa shape index (κ3) is 3.87. The monoisotopic (exact) mass is 384 g/mol. The fourth-order valence-corrected chi connectivity index (χ4v) is 4.06. The summed E-state index contributed by atoms with van der Waals surface area (Å²) in [5.41, 5.74) is -0.594. The maximum Gasteiger partial charge on any atom is 0.410 e. The number of ether oxygens (including phenoxy) is 1. The summed E-state index contributed by atoms with van der Waals surface area (Å²) >= 11 is 5.79. The Labute approximate surface area is 158 Å². The van der Waals surface area contributed by atoms with Crippen molar-refractivity contribution in [3.63, 3.8) is 0 Å². The van der Waals surface area contributed by atoms with Crippen molar-refractivity contribution in [1.29, 1.82) is 0 Å². The highest BCUT2D eigenvalue weighted by atomic mass is 35.5. The molecule has 0 aromatic carbocycles. The molecule has 0 radical (unpaired) electrons. The van der Waals surface area contributed by atoms with E-state index in [2.05, 4.69) is 10.2 Å². The van der Waals surface area contributed by atoms with Crippen molar-refractivity contribution in [3.8, 4) is 0 Å². The minimum absolute atomic E-state index is 0.0247. The van der Waals surface area contributed by atoms with E-state index in [1.807, 2.05) is 32.7 Å². The summed E-state index contributed by atoms with van der Waals surface area (Å²) in [6.45, 7) is 5.48. The third-order valence-corrected chi connectivity index (χ3v) is 5.32. The maximum atomic E-state index is 15.4. The van der Waals surface area contributed by atoms with E-state index in [0.29, 0.717) is 23.8 Å². The Hall–Kier alpha value is -1.63. The van der Waals surface area contributed by atoms with Crippen molar-refractivity contribution in [1.82, 2.24) is 15.1 Å². The van der Waals surface area contributed by atoms with Gasteiger partial charge in [-0.2, -0.15) is 0 Å².